The second-order valence-electron chi connectivity index (χ2n) is 2.65. The quantitative estimate of drug-likeness (QED) is 0.463. The minimum atomic E-state index is -0.703. The highest BCUT2D eigenvalue weighted by Gasteiger charge is 2.21. The number of phenols is 1. The number of benzene rings is 1. The second kappa shape index (κ2) is 4.41. The van der Waals surface area contributed by atoms with Crippen molar-refractivity contribution in [2.45, 2.75) is 6.92 Å². The Bertz CT molecular complexity index is 402. The molecule has 0 heterocycles. The van der Waals surface area contributed by atoms with E-state index in [-0.39, 0.29) is 29.4 Å². The van der Waals surface area contributed by atoms with Gasteiger partial charge in [-0.1, -0.05) is 0 Å². The van der Waals surface area contributed by atoms with E-state index in [1.165, 1.54) is 0 Å². The summed E-state index contributed by atoms with van der Waals surface area (Å²) in [4.78, 5) is 20.5. The minimum Gasteiger partial charge on any atom is -0.504 e. The highest BCUT2D eigenvalue weighted by atomic mass is 16.6. The fourth-order valence-electron chi connectivity index (χ4n) is 1.15. The predicted octanol–water partition coefficient (Wildman–Crippen LogP) is 1.51. The van der Waals surface area contributed by atoms with Crippen molar-refractivity contribution in [1.29, 1.82) is 0 Å². The van der Waals surface area contributed by atoms with Gasteiger partial charge in [-0.05, 0) is 13.0 Å². The molecule has 0 saturated carbocycles. The monoisotopic (exact) mass is 211 g/mol. The van der Waals surface area contributed by atoms with Crippen LogP contribution in [-0.4, -0.2) is 22.9 Å². The van der Waals surface area contributed by atoms with E-state index in [9.17, 15) is 20.0 Å². The molecule has 1 aromatic carbocycles. The molecule has 1 N–H and O–H groups in total. The first kappa shape index (κ1) is 11.0. The third kappa shape index (κ3) is 2.04. The number of aromatic hydroxyl groups is 1. The molecule has 6 nitrogen and oxygen atoms in total. The fraction of sp³-hybridized carbons (Fsp3) is 0.222. The number of carbonyl (C=O) groups excluding carboxylic acids is 1. The van der Waals surface area contributed by atoms with E-state index in [0.717, 1.165) is 12.1 Å². The third-order valence-electron chi connectivity index (χ3n) is 1.76. The van der Waals surface area contributed by atoms with Crippen molar-refractivity contribution in [3.63, 3.8) is 0 Å². The van der Waals surface area contributed by atoms with E-state index >= 15 is 0 Å². The van der Waals surface area contributed by atoms with Gasteiger partial charge >= 0.3 is 0 Å². The van der Waals surface area contributed by atoms with Crippen LogP contribution in [0.1, 0.15) is 17.3 Å². The van der Waals surface area contributed by atoms with Crippen LogP contribution in [0.15, 0.2) is 12.1 Å². The van der Waals surface area contributed by atoms with E-state index in [4.69, 9.17) is 4.74 Å². The van der Waals surface area contributed by atoms with Crippen LogP contribution in [0, 0.1) is 10.1 Å². The van der Waals surface area contributed by atoms with Gasteiger partial charge in [-0.2, -0.15) is 0 Å². The topological polar surface area (TPSA) is 89.7 Å². The van der Waals surface area contributed by atoms with Crippen LogP contribution in [0.2, 0.25) is 0 Å². The number of nitrogens with zero attached hydrogens (tertiary/aromatic N) is 1. The Morgan fingerprint density at radius 1 is 1.60 bits per heavy atom. The molecule has 0 unspecified atom stereocenters. The van der Waals surface area contributed by atoms with Crippen molar-refractivity contribution in [1.82, 2.24) is 0 Å². The maximum absolute atomic E-state index is 10.7. The van der Waals surface area contributed by atoms with Crippen LogP contribution in [0.25, 0.3) is 0 Å². The summed E-state index contributed by atoms with van der Waals surface area (Å²) in [5.41, 5.74) is -0.631. The summed E-state index contributed by atoms with van der Waals surface area (Å²) < 4.78 is 4.96. The molecule has 0 radical (unpaired) electrons. The minimum absolute atomic E-state index is 0.151. The number of rotatable bonds is 4. The lowest BCUT2D eigenvalue weighted by Crippen LogP contribution is -2.00. The van der Waals surface area contributed by atoms with E-state index in [1.54, 1.807) is 6.92 Å². The zero-order valence-corrected chi connectivity index (χ0v) is 7.97. The highest BCUT2D eigenvalue weighted by molar-refractivity contribution is 5.87. The average Bonchev–Trinajstić information content (AvgIpc) is 2.20. The lowest BCUT2D eigenvalue weighted by Gasteiger charge is -2.07. The van der Waals surface area contributed by atoms with Gasteiger partial charge in [-0.25, -0.2) is 0 Å². The molecule has 0 aliphatic heterocycles. The molecule has 1 rings (SSSR count). The Balaban J connectivity index is 3.39. The van der Waals surface area contributed by atoms with Crippen LogP contribution >= 0.6 is 0 Å². The molecule has 0 atom stereocenters. The van der Waals surface area contributed by atoms with Gasteiger partial charge < -0.3 is 9.84 Å². The highest BCUT2D eigenvalue weighted by Crippen LogP contribution is 2.35. The van der Waals surface area contributed by atoms with Crippen LogP contribution < -0.4 is 4.74 Å². The van der Waals surface area contributed by atoms with E-state index in [1.807, 2.05) is 0 Å². The predicted molar refractivity (Wildman–Crippen MR) is 51.3 cm³/mol. The van der Waals surface area contributed by atoms with Gasteiger partial charge in [0.05, 0.1) is 11.5 Å². The van der Waals surface area contributed by atoms with Crippen LogP contribution in [0.4, 0.5) is 5.69 Å². The second-order valence-corrected chi connectivity index (χ2v) is 2.65. The molecule has 0 aromatic heterocycles. The van der Waals surface area contributed by atoms with Crippen molar-refractivity contribution in [3.8, 4) is 11.5 Å². The summed E-state index contributed by atoms with van der Waals surface area (Å²) in [6, 6.07) is 2.18. The number of phenolic OH excluding ortho intramolecular Hbond substituents is 1. The number of nitro benzene ring substituents is 1. The molecule has 0 bridgehead atoms. The molecule has 15 heavy (non-hydrogen) atoms. The Morgan fingerprint density at radius 3 is 2.73 bits per heavy atom. The number of nitro groups is 1. The Kier molecular flexibility index (Phi) is 3.22. The summed E-state index contributed by atoms with van der Waals surface area (Å²) >= 11 is 0. The van der Waals surface area contributed by atoms with Crippen molar-refractivity contribution < 1.29 is 19.6 Å². The maximum atomic E-state index is 10.7. The van der Waals surface area contributed by atoms with Crippen molar-refractivity contribution in [2.24, 2.45) is 0 Å². The lowest BCUT2D eigenvalue weighted by atomic mass is 10.1. The Hall–Kier alpha value is -2.11. The van der Waals surface area contributed by atoms with Crippen LogP contribution in [-0.2, 0) is 0 Å². The van der Waals surface area contributed by atoms with Gasteiger partial charge in [0.1, 0.15) is 5.56 Å². The van der Waals surface area contributed by atoms with Gasteiger partial charge in [0, 0.05) is 6.07 Å². The molecular formula is C9H9NO5. The van der Waals surface area contributed by atoms with Gasteiger partial charge in [0.15, 0.2) is 17.8 Å². The van der Waals surface area contributed by atoms with Crippen LogP contribution in [0.3, 0.4) is 0 Å². The average molecular weight is 211 g/mol. The number of hydrogen-bond donors (Lipinski definition) is 1. The molecule has 0 amide bonds. The van der Waals surface area contributed by atoms with Crippen LogP contribution in [0.5, 0.6) is 11.5 Å². The van der Waals surface area contributed by atoms with E-state index < -0.39 is 4.92 Å². The normalized spacial score (nSPS) is 9.67. The van der Waals surface area contributed by atoms with Gasteiger partial charge in [0.25, 0.3) is 5.69 Å². The zero-order valence-electron chi connectivity index (χ0n) is 7.97. The van der Waals surface area contributed by atoms with Crippen molar-refractivity contribution in [3.05, 3.63) is 27.8 Å². The van der Waals surface area contributed by atoms with E-state index in [2.05, 4.69) is 0 Å². The molecule has 80 valence electrons. The SMILES string of the molecule is CCOc1c(O)ccc([N+](=O)[O-])c1C=O. The largest absolute Gasteiger partial charge is 0.504 e. The molecule has 1 aromatic rings. The molecule has 6 heteroatoms. The first-order chi connectivity index (χ1) is 7.11. The number of hydrogen-bond acceptors (Lipinski definition) is 5. The fourth-order valence-corrected chi connectivity index (χ4v) is 1.15. The van der Waals surface area contributed by atoms with Crippen molar-refractivity contribution >= 4 is 12.0 Å². The van der Waals surface area contributed by atoms with Gasteiger partial charge in [0.2, 0.25) is 0 Å². The Labute approximate surface area is 85.2 Å². The third-order valence-corrected chi connectivity index (χ3v) is 1.76. The van der Waals surface area contributed by atoms with Gasteiger partial charge in [-0.15, -0.1) is 0 Å². The number of aldehydes is 1. The number of ether oxygens (including phenoxy) is 1. The van der Waals surface area contributed by atoms with Crippen molar-refractivity contribution in [2.75, 3.05) is 6.61 Å². The summed E-state index contributed by atoms with van der Waals surface area (Å²) in [6.07, 6.45) is 0.294. The lowest BCUT2D eigenvalue weighted by molar-refractivity contribution is -0.385. The summed E-state index contributed by atoms with van der Waals surface area (Å²) in [5.74, 6) is -0.439. The van der Waals surface area contributed by atoms with Gasteiger partial charge in [-0.3, -0.25) is 14.9 Å². The smallest absolute Gasteiger partial charge is 0.283 e. The standard InChI is InChI=1S/C9H9NO5/c1-2-15-9-6(5-11)7(10(13)14)3-4-8(9)12/h3-5,12H,2H2,1H3. The molecule has 0 fully saturated rings. The number of carbonyl (C=O) groups is 1. The molecule has 0 spiro atoms. The summed E-state index contributed by atoms with van der Waals surface area (Å²) in [7, 11) is 0. The Morgan fingerprint density at radius 2 is 2.27 bits per heavy atom. The summed E-state index contributed by atoms with van der Waals surface area (Å²) in [5, 5.41) is 19.9. The zero-order chi connectivity index (χ0) is 11.4. The molecule has 0 saturated heterocycles. The molecular weight excluding hydrogens is 202 g/mol. The first-order valence-corrected chi connectivity index (χ1v) is 4.20. The summed E-state index contributed by atoms with van der Waals surface area (Å²) in [6.45, 7) is 1.85. The molecule has 0 aliphatic carbocycles. The maximum Gasteiger partial charge on any atom is 0.283 e. The molecule has 0 aliphatic rings. The van der Waals surface area contributed by atoms with E-state index in [0.29, 0.717) is 6.29 Å². The first-order valence-electron chi connectivity index (χ1n) is 4.20.